The van der Waals surface area contributed by atoms with Crippen LogP contribution < -0.4 is 0 Å². The van der Waals surface area contributed by atoms with Crippen LogP contribution in [0.4, 0.5) is 0 Å². The fraction of sp³-hybridized carbons (Fsp3) is 0.500. The van der Waals surface area contributed by atoms with E-state index in [-0.39, 0.29) is 5.76 Å². The largest absolute Gasteiger partial charge is 0.475 e. The third kappa shape index (κ3) is 1.64. The maximum atomic E-state index is 10.5. The Balaban J connectivity index is 2.92. The van der Waals surface area contributed by atoms with Crippen molar-refractivity contribution in [2.24, 2.45) is 0 Å². The molecule has 0 saturated carbocycles. The molecule has 4 heteroatoms. The van der Waals surface area contributed by atoms with E-state index in [1.54, 1.807) is 6.92 Å². The van der Waals surface area contributed by atoms with E-state index in [1.807, 2.05) is 6.92 Å². The monoisotopic (exact) mass is 169 g/mol. The number of nitrogens with zero attached hydrogens (tertiary/aromatic N) is 1. The Bertz CT molecular complexity index is 290. The Kier molecular flexibility index (Phi) is 2.47. The molecule has 0 atom stereocenters. The normalized spacial score (nSPS) is 10.2. The van der Waals surface area contributed by atoms with Crippen molar-refractivity contribution in [1.82, 2.24) is 4.98 Å². The van der Waals surface area contributed by atoms with Gasteiger partial charge in [-0.1, -0.05) is 6.92 Å². The molecule has 1 aromatic rings. The van der Waals surface area contributed by atoms with Crippen molar-refractivity contribution < 1.29 is 14.3 Å². The fourth-order valence-electron chi connectivity index (χ4n) is 0.972. The van der Waals surface area contributed by atoms with Crippen LogP contribution in [0.3, 0.4) is 0 Å². The average molecular weight is 169 g/mol. The Labute approximate surface area is 70.2 Å². The first kappa shape index (κ1) is 8.77. The number of hydrogen-bond donors (Lipinski definition) is 1. The molecular weight excluding hydrogens is 158 g/mol. The topological polar surface area (TPSA) is 63.3 Å². The number of carboxylic acids is 1. The molecule has 0 saturated heterocycles. The van der Waals surface area contributed by atoms with Crippen molar-refractivity contribution in [1.29, 1.82) is 0 Å². The van der Waals surface area contributed by atoms with Gasteiger partial charge in [0.2, 0.25) is 5.76 Å². The number of aryl methyl sites for hydroxylation is 2. The van der Waals surface area contributed by atoms with E-state index in [9.17, 15) is 4.79 Å². The zero-order chi connectivity index (χ0) is 9.14. The highest BCUT2D eigenvalue weighted by molar-refractivity contribution is 5.85. The van der Waals surface area contributed by atoms with Gasteiger partial charge in [-0.3, -0.25) is 0 Å². The molecule has 4 nitrogen and oxygen atoms in total. The van der Waals surface area contributed by atoms with E-state index < -0.39 is 5.97 Å². The van der Waals surface area contributed by atoms with Crippen LogP contribution in [-0.2, 0) is 6.42 Å². The fourth-order valence-corrected chi connectivity index (χ4v) is 0.972. The van der Waals surface area contributed by atoms with Crippen LogP contribution in [-0.4, -0.2) is 16.1 Å². The molecule has 0 aliphatic heterocycles. The summed E-state index contributed by atoms with van der Waals surface area (Å²) >= 11 is 0. The lowest BCUT2D eigenvalue weighted by Crippen LogP contribution is -1.95. The summed E-state index contributed by atoms with van der Waals surface area (Å²) in [6.07, 6.45) is 1.59. The van der Waals surface area contributed by atoms with Crippen LogP contribution in [0.5, 0.6) is 0 Å². The van der Waals surface area contributed by atoms with Crippen LogP contribution in [0, 0.1) is 6.92 Å². The molecule has 0 bridgehead atoms. The van der Waals surface area contributed by atoms with Crippen LogP contribution in [0.1, 0.15) is 35.5 Å². The van der Waals surface area contributed by atoms with E-state index in [1.165, 1.54) is 0 Å². The van der Waals surface area contributed by atoms with Crippen LogP contribution in [0.2, 0.25) is 0 Å². The molecule has 0 aliphatic carbocycles. The minimum Gasteiger partial charge on any atom is -0.475 e. The summed E-state index contributed by atoms with van der Waals surface area (Å²) in [5.41, 5.74) is 0.450. The SMILES string of the molecule is CCCc1nc(C)c(C(=O)O)o1. The van der Waals surface area contributed by atoms with Crippen molar-refractivity contribution in [3.05, 3.63) is 17.3 Å². The van der Waals surface area contributed by atoms with E-state index in [4.69, 9.17) is 9.52 Å². The first-order valence-electron chi connectivity index (χ1n) is 3.84. The van der Waals surface area contributed by atoms with Gasteiger partial charge in [-0.2, -0.15) is 0 Å². The predicted octanol–water partition coefficient (Wildman–Crippen LogP) is 1.63. The molecule has 1 rings (SSSR count). The van der Waals surface area contributed by atoms with Crippen molar-refractivity contribution in [2.75, 3.05) is 0 Å². The minimum absolute atomic E-state index is 0.0431. The molecule has 66 valence electrons. The van der Waals surface area contributed by atoms with Crippen LogP contribution in [0.15, 0.2) is 4.42 Å². The van der Waals surface area contributed by atoms with E-state index in [2.05, 4.69) is 4.98 Å². The lowest BCUT2D eigenvalue weighted by molar-refractivity contribution is 0.0659. The summed E-state index contributed by atoms with van der Waals surface area (Å²) in [7, 11) is 0. The van der Waals surface area contributed by atoms with Gasteiger partial charge in [0.1, 0.15) is 0 Å². The number of oxazole rings is 1. The molecule has 1 N–H and O–H groups in total. The highest BCUT2D eigenvalue weighted by Gasteiger charge is 2.14. The summed E-state index contributed by atoms with van der Waals surface area (Å²) in [5, 5.41) is 8.61. The molecule has 0 unspecified atom stereocenters. The average Bonchev–Trinajstić information content (AvgIpc) is 2.32. The molecule has 0 aromatic carbocycles. The molecule has 0 amide bonds. The van der Waals surface area contributed by atoms with Gasteiger partial charge in [0, 0.05) is 6.42 Å². The second kappa shape index (κ2) is 3.38. The molecule has 0 aliphatic rings. The standard InChI is InChI=1S/C8H11NO3/c1-3-4-6-9-5(2)7(12-6)8(10)11/h3-4H2,1-2H3,(H,10,11). The number of hydrogen-bond acceptors (Lipinski definition) is 3. The Hall–Kier alpha value is -1.32. The van der Waals surface area contributed by atoms with Gasteiger partial charge in [-0.15, -0.1) is 0 Å². The zero-order valence-electron chi connectivity index (χ0n) is 7.13. The summed E-state index contributed by atoms with van der Waals surface area (Å²) in [6.45, 7) is 3.62. The van der Waals surface area contributed by atoms with Crippen molar-refractivity contribution >= 4 is 5.97 Å². The first-order valence-corrected chi connectivity index (χ1v) is 3.84. The first-order chi connectivity index (χ1) is 5.65. The third-order valence-corrected chi connectivity index (χ3v) is 1.50. The van der Waals surface area contributed by atoms with Crippen molar-refractivity contribution in [3.8, 4) is 0 Å². The second-order valence-corrected chi connectivity index (χ2v) is 2.58. The van der Waals surface area contributed by atoms with Crippen LogP contribution >= 0.6 is 0 Å². The van der Waals surface area contributed by atoms with Crippen LogP contribution in [0.25, 0.3) is 0 Å². The third-order valence-electron chi connectivity index (χ3n) is 1.50. The van der Waals surface area contributed by atoms with E-state index in [0.717, 1.165) is 6.42 Å². The summed E-state index contributed by atoms with van der Waals surface area (Å²) in [6, 6.07) is 0. The van der Waals surface area contributed by atoms with Gasteiger partial charge in [0.15, 0.2) is 5.89 Å². The van der Waals surface area contributed by atoms with Gasteiger partial charge >= 0.3 is 5.97 Å². The Morgan fingerprint density at radius 1 is 1.67 bits per heavy atom. The summed E-state index contributed by atoms with van der Waals surface area (Å²) < 4.78 is 5.01. The van der Waals surface area contributed by atoms with Gasteiger partial charge in [-0.25, -0.2) is 9.78 Å². The quantitative estimate of drug-likeness (QED) is 0.746. The Morgan fingerprint density at radius 3 is 2.75 bits per heavy atom. The van der Waals surface area contributed by atoms with Gasteiger partial charge in [-0.05, 0) is 13.3 Å². The van der Waals surface area contributed by atoms with E-state index >= 15 is 0 Å². The van der Waals surface area contributed by atoms with Gasteiger partial charge in [0.25, 0.3) is 0 Å². The number of aromatic carboxylic acids is 1. The van der Waals surface area contributed by atoms with E-state index in [0.29, 0.717) is 18.0 Å². The predicted molar refractivity (Wildman–Crippen MR) is 42.2 cm³/mol. The van der Waals surface area contributed by atoms with Crippen molar-refractivity contribution in [3.63, 3.8) is 0 Å². The Morgan fingerprint density at radius 2 is 2.33 bits per heavy atom. The minimum atomic E-state index is -1.05. The molecule has 0 fully saturated rings. The smallest absolute Gasteiger partial charge is 0.373 e. The molecule has 0 radical (unpaired) electrons. The highest BCUT2D eigenvalue weighted by atomic mass is 16.4. The molecule has 12 heavy (non-hydrogen) atoms. The molecule has 1 heterocycles. The summed E-state index contributed by atoms with van der Waals surface area (Å²) in [5.74, 6) is -0.590. The summed E-state index contributed by atoms with van der Waals surface area (Å²) in [4.78, 5) is 14.5. The molecular formula is C8H11NO3. The zero-order valence-corrected chi connectivity index (χ0v) is 7.13. The molecule has 0 spiro atoms. The van der Waals surface area contributed by atoms with Crippen molar-refractivity contribution in [2.45, 2.75) is 26.7 Å². The second-order valence-electron chi connectivity index (χ2n) is 2.58. The maximum absolute atomic E-state index is 10.5. The molecule has 1 aromatic heterocycles. The lowest BCUT2D eigenvalue weighted by Gasteiger charge is -1.87. The maximum Gasteiger partial charge on any atom is 0.373 e. The number of aromatic nitrogens is 1. The van der Waals surface area contributed by atoms with Gasteiger partial charge < -0.3 is 9.52 Å². The lowest BCUT2D eigenvalue weighted by atomic mass is 10.3. The number of rotatable bonds is 3. The highest BCUT2D eigenvalue weighted by Crippen LogP contribution is 2.11. The number of carbonyl (C=O) groups is 1. The van der Waals surface area contributed by atoms with Gasteiger partial charge in [0.05, 0.1) is 5.69 Å². The number of carboxylic acid groups (broad SMARTS) is 1.